The number of primary amides is 1. The molecule has 0 radical (unpaired) electrons. The Labute approximate surface area is 139 Å². The predicted octanol–water partition coefficient (Wildman–Crippen LogP) is 1.65. The van der Waals surface area contributed by atoms with Crippen LogP contribution >= 0.6 is 0 Å². The van der Waals surface area contributed by atoms with E-state index in [1.165, 1.54) is 6.07 Å². The van der Waals surface area contributed by atoms with Gasteiger partial charge in [-0.15, -0.1) is 0 Å². The molecular weight excluding hydrogens is 330 g/mol. The van der Waals surface area contributed by atoms with Gasteiger partial charge in [-0.2, -0.15) is 0 Å². The minimum Gasteiger partial charge on any atom is -0.507 e. The van der Waals surface area contributed by atoms with E-state index in [1.54, 1.807) is 12.1 Å². The van der Waals surface area contributed by atoms with Crippen molar-refractivity contribution in [1.29, 1.82) is 0 Å². The summed E-state index contributed by atoms with van der Waals surface area (Å²) in [5.74, 6) is -1.26. The number of sulfonamides is 1. The lowest BCUT2D eigenvalue weighted by Crippen LogP contribution is -2.17. The number of aryl methyl sites for hydroxylation is 1. The number of amides is 1. The third kappa shape index (κ3) is 3.13. The highest BCUT2D eigenvalue weighted by Crippen LogP contribution is 2.27. The van der Waals surface area contributed by atoms with Crippen LogP contribution in [0.5, 0.6) is 5.75 Å². The van der Waals surface area contributed by atoms with Crippen LogP contribution in [0.25, 0.3) is 0 Å². The Morgan fingerprint density at radius 1 is 1.21 bits per heavy atom. The molecule has 7 nitrogen and oxygen atoms in total. The van der Waals surface area contributed by atoms with Crippen LogP contribution in [-0.2, 0) is 16.4 Å². The van der Waals surface area contributed by atoms with Crippen molar-refractivity contribution in [2.24, 2.45) is 5.73 Å². The van der Waals surface area contributed by atoms with Crippen LogP contribution in [0.1, 0.15) is 22.3 Å². The molecule has 24 heavy (non-hydrogen) atoms. The van der Waals surface area contributed by atoms with Crippen LogP contribution in [0.3, 0.4) is 0 Å². The molecule has 0 saturated carbocycles. The lowest BCUT2D eigenvalue weighted by atomic mass is 10.0. The molecule has 1 amide bonds. The maximum Gasteiger partial charge on any atom is 0.261 e. The highest BCUT2D eigenvalue weighted by atomic mass is 32.2. The van der Waals surface area contributed by atoms with Crippen molar-refractivity contribution in [2.75, 3.05) is 16.6 Å². The first-order valence-corrected chi connectivity index (χ1v) is 8.87. The molecule has 5 N–H and O–H groups in total. The average molecular weight is 347 g/mol. The number of carbonyl (C=O) groups is 1. The maximum absolute atomic E-state index is 12.5. The number of hydrogen-bond donors (Lipinski definition) is 4. The van der Waals surface area contributed by atoms with Gasteiger partial charge < -0.3 is 16.2 Å². The van der Waals surface area contributed by atoms with Gasteiger partial charge >= 0.3 is 0 Å². The second kappa shape index (κ2) is 6.04. The summed E-state index contributed by atoms with van der Waals surface area (Å²) in [4.78, 5) is 11.1. The zero-order chi connectivity index (χ0) is 17.3. The minimum atomic E-state index is -3.91. The van der Waals surface area contributed by atoms with Gasteiger partial charge in [0.2, 0.25) is 0 Å². The van der Waals surface area contributed by atoms with Crippen LogP contribution in [-0.4, -0.2) is 26.0 Å². The summed E-state index contributed by atoms with van der Waals surface area (Å²) in [6.07, 6.45) is 2.00. The van der Waals surface area contributed by atoms with Gasteiger partial charge in [0.05, 0.1) is 16.1 Å². The number of benzene rings is 2. The standard InChI is InChI=1S/C16H17N3O4S/c17-16(21)13-9-12(5-6-15(13)20)24(22,23)19-11-4-3-10-2-1-7-18-14(10)8-11/h3-6,8-9,18-20H,1-2,7H2,(H2,17,21). The number of fused-ring (bicyclic) bond motifs is 1. The van der Waals surface area contributed by atoms with Crippen molar-refractivity contribution in [3.8, 4) is 5.75 Å². The molecular formula is C16H17N3O4S. The molecule has 0 aliphatic carbocycles. The number of nitrogens with one attached hydrogen (secondary N) is 2. The van der Waals surface area contributed by atoms with E-state index >= 15 is 0 Å². The Balaban J connectivity index is 1.91. The number of aromatic hydroxyl groups is 1. The highest BCUT2D eigenvalue weighted by molar-refractivity contribution is 7.92. The van der Waals surface area contributed by atoms with E-state index in [-0.39, 0.29) is 16.2 Å². The lowest BCUT2D eigenvalue weighted by Gasteiger charge is -2.19. The van der Waals surface area contributed by atoms with E-state index in [2.05, 4.69) is 10.0 Å². The zero-order valence-corrected chi connectivity index (χ0v) is 13.6. The first-order valence-electron chi connectivity index (χ1n) is 7.39. The van der Waals surface area contributed by atoms with E-state index in [0.717, 1.165) is 42.8 Å². The Hall–Kier alpha value is -2.74. The Bertz CT molecular complexity index is 910. The topological polar surface area (TPSA) is 122 Å². The normalized spacial score (nSPS) is 13.7. The monoisotopic (exact) mass is 347 g/mol. The van der Waals surface area contributed by atoms with Crippen LogP contribution in [0.4, 0.5) is 11.4 Å². The summed E-state index contributed by atoms with van der Waals surface area (Å²) in [7, 11) is -3.91. The third-order valence-electron chi connectivity index (χ3n) is 3.84. The molecule has 8 heteroatoms. The molecule has 0 saturated heterocycles. The Kier molecular flexibility index (Phi) is 4.06. The first kappa shape index (κ1) is 16.1. The summed E-state index contributed by atoms with van der Waals surface area (Å²) in [5.41, 5.74) is 7.35. The second-order valence-electron chi connectivity index (χ2n) is 5.55. The number of anilines is 2. The summed E-state index contributed by atoms with van der Waals surface area (Å²) in [5, 5.41) is 12.8. The smallest absolute Gasteiger partial charge is 0.261 e. The molecule has 0 unspecified atom stereocenters. The summed E-state index contributed by atoms with van der Waals surface area (Å²) in [6, 6.07) is 8.70. The number of nitrogens with two attached hydrogens (primary N) is 1. The number of carbonyl (C=O) groups excluding carboxylic acids is 1. The molecule has 2 aromatic rings. The van der Waals surface area contributed by atoms with E-state index < -0.39 is 15.9 Å². The molecule has 1 aliphatic rings. The molecule has 0 atom stereocenters. The molecule has 0 spiro atoms. The number of phenols is 1. The van der Waals surface area contributed by atoms with E-state index in [1.807, 2.05) is 6.07 Å². The molecule has 0 aromatic heterocycles. The molecule has 2 aromatic carbocycles. The first-order chi connectivity index (χ1) is 11.4. The molecule has 126 valence electrons. The van der Waals surface area contributed by atoms with Crippen molar-refractivity contribution < 1.29 is 18.3 Å². The van der Waals surface area contributed by atoms with E-state index in [9.17, 15) is 18.3 Å². The van der Waals surface area contributed by atoms with Gasteiger partial charge in [0.25, 0.3) is 15.9 Å². The van der Waals surface area contributed by atoms with E-state index in [0.29, 0.717) is 5.69 Å². The fourth-order valence-electron chi connectivity index (χ4n) is 2.62. The van der Waals surface area contributed by atoms with Crippen LogP contribution in [0.2, 0.25) is 0 Å². The van der Waals surface area contributed by atoms with Crippen LogP contribution in [0, 0.1) is 0 Å². The van der Waals surface area contributed by atoms with Crippen LogP contribution < -0.4 is 15.8 Å². The highest BCUT2D eigenvalue weighted by Gasteiger charge is 2.19. The second-order valence-corrected chi connectivity index (χ2v) is 7.23. The molecule has 0 fully saturated rings. The molecule has 3 rings (SSSR count). The van der Waals surface area contributed by atoms with Crippen molar-refractivity contribution in [3.05, 3.63) is 47.5 Å². The minimum absolute atomic E-state index is 0.153. The van der Waals surface area contributed by atoms with Crippen molar-refractivity contribution in [3.63, 3.8) is 0 Å². The van der Waals surface area contributed by atoms with Gasteiger partial charge in [-0.1, -0.05) is 6.07 Å². The quantitative estimate of drug-likeness (QED) is 0.670. The Morgan fingerprint density at radius 3 is 2.75 bits per heavy atom. The van der Waals surface area contributed by atoms with E-state index in [4.69, 9.17) is 5.73 Å². The molecule has 1 aliphatic heterocycles. The number of rotatable bonds is 4. The summed E-state index contributed by atoms with van der Waals surface area (Å²) >= 11 is 0. The van der Waals surface area contributed by atoms with Gasteiger partial charge in [-0.3, -0.25) is 9.52 Å². The van der Waals surface area contributed by atoms with Gasteiger partial charge in [0.1, 0.15) is 5.75 Å². The predicted molar refractivity (Wildman–Crippen MR) is 90.7 cm³/mol. The van der Waals surface area contributed by atoms with Crippen molar-refractivity contribution in [1.82, 2.24) is 0 Å². The van der Waals surface area contributed by atoms with Gasteiger partial charge in [-0.05, 0) is 48.7 Å². The Morgan fingerprint density at radius 2 is 2.00 bits per heavy atom. The largest absolute Gasteiger partial charge is 0.507 e. The number of hydrogen-bond acceptors (Lipinski definition) is 5. The fourth-order valence-corrected chi connectivity index (χ4v) is 3.69. The fraction of sp³-hybridized carbons (Fsp3) is 0.188. The van der Waals surface area contributed by atoms with Gasteiger partial charge in [0.15, 0.2) is 0 Å². The zero-order valence-electron chi connectivity index (χ0n) is 12.7. The van der Waals surface area contributed by atoms with Crippen LogP contribution in [0.15, 0.2) is 41.3 Å². The third-order valence-corrected chi connectivity index (χ3v) is 5.22. The summed E-state index contributed by atoms with van der Waals surface area (Å²) < 4.78 is 27.4. The van der Waals surface area contributed by atoms with Gasteiger partial charge in [-0.25, -0.2) is 8.42 Å². The summed E-state index contributed by atoms with van der Waals surface area (Å²) in [6.45, 7) is 0.850. The van der Waals surface area contributed by atoms with Gasteiger partial charge in [0, 0.05) is 12.2 Å². The lowest BCUT2D eigenvalue weighted by molar-refractivity contribution is 0.0997. The maximum atomic E-state index is 12.5. The van der Waals surface area contributed by atoms with Crippen molar-refractivity contribution in [2.45, 2.75) is 17.7 Å². The molecule has 0 bridgehead atoms. The molecule has 1 heterocycles. The SMILES string of the molecule is NC(=O)c1cc(S(=O)(=O)Nc2ccc3c(c2)NCCC3)ccc1O. The van der Waals surface area contributed by atoms with Crippen molar-refractivity contribution >= 4 is 27.3 Å². The average Bonchev–Trinajstić information content (AvgIpc) is 2.54.